The van der Waals surface area contributed by atoms with Gasteiger partial charge in [0.15, 0.2) is 0 Å². The molecule has 0 fully saturated rings. The molecule has 17 heavy (non-hydrogen) atoms. The zero-order valence-electron chi connectivity index (χ0n) is 11.4. The number of nitrogens with one attached hydrogen (secondary N) is 1. The molecule has 0 aromatic carbocycles. The standard InChI is InChI=1S/C12H26N2O3/c1-5-6-14-12(3,11(13)15)9-10(2)17-8-7-16-4/h10,14H,5-9H2,1-4H3,(H2,13,15). The number of methoxy groups -OCH3 is 1. The quantitative estimate of drug-likeness (QED) is 0.556. The van der Waals surface area contributed by atoms with Crippen LogP contribution in [0.5, 0.6) is 0 Å². The Hall–Kier alpha value is -0.650. The summed E-state index contributed by atoms with van der Waals surface area (Å²) in [7, 11) is 1.63. The maximum absolute atomic E-state index is 11.5. The molecule has 0 heterocycles. The van der Waals surface area contributed by atoms with Gasteiger partial charge in [0.05, 0.1) is 24.9 Å². The molecule has 2 atom stereocenters. The summed E-state index contributed by atoms with van der Waals surface area (Å²) < 4.78 is 10.4. The van der Waals surface area contributed by atoms with E-state index >= 15 is 0 Å². The van der Waals surface area contributed by atoms with Crippen LogP contribution >= 0.6 is 0 Å². The zero-order chi connectivity index (χ0) is 13.3. The van der Waals surface area contributed by atoms with E-state index in [4.69, 9.17) is 15.2 Å². The molecule has 0 aliphatic rings. The van der Waals surface area contributed by atoms with E-state index in [0.29, 0.717) is 19.6 Å². The first-order valence-corrected chi connectivity index (χ1v) is 6.11. The minimum Gasteiger partial charge on any atom is -0.382 e. The molecule has 2 unspecified atom stereocenters. The van der Waals surface area contributed by atoms with Crippen LogP contribution in [-0.2, 0) is 14.3 Å². The normalized spacial score (nSPS) is 16.5. The SMILES string of the molecule is CCCNC(C)(CC(C)OCCOC)C(N)=O. The van der Waals surface area contributed by atoms with Gasteiger partial charge in [-0.2, -0.15) is 0 Å². The highest BCUT2D eigenvalue weighted by atomic mass is 16.5. The van der Waals surface area contributed by atoms with Crippen molar-refractivity contribution in [1.82, 2.24) is 5.32 Å². The Kier molecular flexibility index (Phi) is 8.12. The molecule has 0 spiro atoms. The van der Waals surface area contributed by atoms with Crippen LogP contribution in [0, 0.1) is 0 Å². The lowest BCUT2D eigenvalue weighted by Crippen LogP contribution is -2.55. The molecule has 1 amide bonds. The minimum atomic E-state index is -0.706. The fraction of sp³-hybridized carbons (Fsp3) is 0.917. The number of hydrogen-bond donors (Lipinski definition) is 2. The van der Waals surface area contributed by atoms with Gasteiger partial charge in [0, 0.05) is 13.5 Å². The highest BCUT2D eigenvalue weighted by Crippen LogP contribution is 2.14. The van der Waals surface area contributed by atoms with Gasteiger partial charge in [-0.3, -0.25) is 4.79 Å². The Bertz CT molecular complexity index is 224. The summed E-state index contributed by atoms with van der Waals surface area (Å²) in [6.45, 7) is 7.66. The number of nitrogens with two attached hydrogens (primary N) is 1. The largest absolute Gasteiger partial charge is 0.382 e. The summed E-state index contributed by atoms with van der Waals surface area (Å²) in [6.07, 6.45) is 1.49. The third kappa shape index (κ3) is 6.61. The van der Waals surface area contributed by atoms with Crippen molar-refractivity contribution in [2.45, 2.75) is 45.3 Å². The second-order valence-corrected chi connectivity index (χ2v) is 4.50. The number of amides is 1. The predicted molar refractivity (Wildman–Crippen MR) is 67.8 cm³/mol. The fourth-order valence-electron chi connectivity index (χ4n) is 1.63. The van der Waals surface area contributed by atoms with Gasteiger partial charge < -0.3 is 20.5 Å². The molecule has 0 bridgehead atoms. The van der Waals surface area contributed by atoms with Crippen molar-refractivity contribution in [2.75, 3.05) is 26.9 Å². The van der Waals surface area contributed by atoms with Gasteiger partial charge >= 0.3 is 0 Å². The lowest BCUT2D eigenvalue weighted by molar-refractivity contribution is -0.125. The van der Waals surface area contributed by atoms with E-state index in [9.17, 15) is 4.79 Å². The number of carbonyl (C=O) groups excluding carboxylic acids is 1. The fourth-order valence-corrected chi connectivity index (χ4v) is 1.63. The van der Waals surface area contributed by atoms with Crippen LogP contribution in [0.1, 0.15) is 33.6 Å². The summed E-state index contributed by atoms with van der Waals surface area (Å²) in [4.78, 5) is 11.5. The topological polar surface area (TPSA) is 73.6 Å². The van der Waals surface area contributed by atoms with Crippen molar-refractivity contribution in [3.63, 3.8) is 0 Å². The highest BCUT2D eigenvalue weighted by Gasteiger charge is 2.32. The lowest BCUT2D eigenvalue weighted by Gasteiger charge is -2.30. The second kappa shape index (κ2) is 8.44. The molecule has 0 saturated carbocycles. The molecule has 0 aliphatic carbocycles. The van der Waals surface area contributed by atoms with Crippen LogP contribution in [0.3, 0.4) is 0 Å². The van der Waals surface area contributed by atoms with Crippen molar-refractivity contribution in [3.8, 4) is 0 Å². The molecule has 0 saturated heterocycles. The van der Waals surface area contributed by atoms with Crippen molar-refractivity contribution < 1.29 is 14.3 Å². The number of carbonyl (C=O) groups is 1. The molecule has 0 aliphatic heterocycles. The Labute approximate surface area is 104 Å². The Morgan fingerprint density at radius 2 is 2.12 bits per heavy atom. The van der Waals surface area contributed by atoms with Gasteiger partial charge in [0.25, 0.3) is 0 Å². The Morgan fingerprint density at radius 3 is 2.59 bits per heavy atom. The minimum absolute atomic E-state index is 0.0352. The van der Waals surface area contributed by atoms with Gasteiger partial charge in [-0.15, -0.1) is 0 Å². The van der Waals surface area contributed by atoms with E-state index in [-0.39, 0.29) is 12.0 Å². The Balaban J connectivity index is 4.18. The third-order valence-electron chi connectivity index (χ3n) is 2.69. The van der Waals surface area contributed by atoms with Gasteiger partial charge in [0.1, 0.15) is 0 Å². The Morgan fingerprint density at radius 1 is 1.47 bits per heavy atom. The van der Waals surface area contributed by atoms with Crippen LogP contribution in [-0.4, -0.2) is 44.4 Å². The number of rotatable bonds is 10. The van der Waals surface area contributed by atoms with Gasteiger partial charge in [-0.25, -0.2) is 0 Å². The van der Waals surface area contributed by atoms with Gasteiger partial charge in [-0.05, 0) is 26.8 Å². The summed E-state index contributed by atoms with van der Waals surface area (Å²) in [6, 6.07) is 0. The number of primary amides is 1. The van der Waals surface area contributed by atoms with Gasteiger partial charge in [0.2, 0.25) is 5.91 Å². The van der Waals surface area contributed by atoms with E-state index in [0.717, 1.165) is 13.0 Å². The molecule has 5 nitrogen and oxygen atoms in total. The van der Waals surface area contributed by atoms with Crippen molar-refractivity contribution in [2.24, 2.45) is 5.73 Å². The monoisotopic (exact) mass is 246 g/mol. The molecule has 0 radical (unpaired) electrons. The van der Waals surface area contributed by atoms with Crippen LogP contribution in [0.4, 0.5) is 0 Å². The van der Waals surface area contributed by atoms with Crippen molar-refractivity contribution in [1.29, 1.82) is 0 Å². The van der Waals surface area contributed by atoms with Crippen LogP contribution in [0.15, 0.2) is 0 Å². The van der Waals surface area contributed by atoms with E-state index in [2.05, 4.69) is 5.32 Å². The first-order chi connectivity index (χ1) is 7.96. The summed E-state index contributed by atoms with van der Waals surface area (Å²) >= 11 is 0. The van der Waals surface area contributed by atoms with E-state index in [1.54, 1.807) is 7.11 Å². The highest BCUT2D eigenvalue weighted by molar-refractivity contribution is 5.84. The first-order valence-electron chi connectivity index (χ1n) is 6.11. The van der Waals surface area contributed by atoms with Crippen LogP contribution in [0.2, 0.25) is 0 Å². The molecule has 0 aromatic heterocycles. The van der Waals surface area contributed by atoms with Crippen LogP contribution in [0.25, 0.3) is 0 Å². The molecule has 0 aromatic rings. The number of hydrogen-bond acceptors (Lipinski definition) is 4. The van der Waals surface area contributed by atoms with E-state index in [1.807, 2.05) is 20.8 Å². The predicted octanol–water partition coefficient (Wildman–Crippen LogP) is 0.672. The van der Waals surface area contributed by atoms with Crippen molar-refractivity contribution in [3.05, 3.63) is 0 Å². The second-order valence-electron chi connectivity index (χ2n) is 4.50. The molecule has 5 heteroatoms. The van der Waals surface area contributed by atoms with Gasteiger partial charge in [-0.1, -0.05) is 6.92 Å². The van der Waals surface area contributed by atoms with Crippen molar-refractivity contribution >= 4 is 5.91 Å². The number of ether oxygens (including phenoxy) is 2. The third-order valence-corrected chi connectivity index (χ3v) is 2.69. The molecule has 3 N–H and O–H groups in total. The zero-order valence-corrected chi connectivity index (χ0v) is 11.4. The summed E-state index contributed by atoms with van der Waals surface area (Å²) in [5.74, 6) is -0.340. The van der Waals surface area contributed by atoms with E-state index in [1.165, 1.54) is 0 Å². The molecule has 102 valence electrons. The van der Waals surface area contributed by atoms with E-state index < -0.39 is 5.54 Å². The molecule has 0 rings (SSSR count). The molecular weight excluding hydrogens is 220 g/mol. The maximum atomic E-state index is 11.5. The lowest BCUT2D eigenvalue weighted by atomic mass is 9.93. The molecular formula is C12H26N2O3. The maximum Gasteiger partial charge on any atom is 0.237 e. The summed E-state index contributed by atoms with van der Waals surface area (Å²) in [5.41, 5.74) is 4.73. The average molecular weight is 246 g/mol. The average Bonchev–Trinajstić information content (AvgIpc) is 2.26. The first kappa shape index (κ1) is 16.4. The van der Waals surface area contributed by atoms with Crippen LogP contribution < -0.4 is 11.1 Å². The smallest absolute Gasteiger partial charge is 0.237 e. The summed E-state index contributed by atoms with van der Waals surface area (Å²) in [5, 5.41) is 3.18.